The molecule has 0 heterocycles. The summed E-state index contributed by atoms with van der Waals surface area (Å²) in [7, 11) is 3.61. The Balaban J connectivity index is 2.48. The van der Waals surface area contributed by atoms with E-state index < -0.39 is 0 Å². The third-order valence-electron chi connectivity index (χ3n) is 3.03. The summed E-state index contributed by atoms with van der Waals surface area (Å²) in [4.78, 5) is 2.22. The number of likely N-dealkylation sites (N-methyl/N-ethyl adjacent to an activating group) is 1. The number of ether oxygens (including phenoxy) is 1. The summed E-state index contributed by atoms with van der Waals surface area (Å²) in [6, 6.07) is 5.29. The molecule has 3 nitrogen and oxygen atoms in total. The highest BCUT2D eigenvalue weighted by molar-refractivity contribution is 5.28. The van der Waals surface area contributed by atoms with E-state index in [4.69, 9.17) is 4.74 Å². The van der Waals surface area contributed by atoms with E-state index in [2.05, 4.69) is 31.1 Å². The molecule has 1 rings (SSSR count). The maximum atomic E-state index is 13.7. The standard InChI is InChI=1S/C14H23FN2O/c1-5-17(3)10-11(2)16-9-12-6-7-13(18-4)8-14(12)15/h6-8,11,16H,5,9-10H2,1-4H3. The number of rotatable bonds is 7. The van der Waals surface area contributed by atoms with Gasteiger partial charge in [0, 0.05) is 30.8 Å². The van der Waals surface area contributed by atoms with Crippen LogP contribution in [-0.2, 0) is 6.54 Å². The number of benzene rings is 1. The second-order valence-corrected chi connectivity index (χ2v) is 4.59. The topological polar surface area (TPSA) is 24.5 Å². The van der Waals surface area contributed by atoms with Gasteiger partial charge in [-0.3, -0.25) is 0 Å². The summed E-state index contributed by atoms with van der Waals surface area (Å²) in [5, 5.41) is 3.32. The smallest absolute Gasteiger partial charge is 0.131 e. The average Bonchev–Trinajstić information content (AvgIpc) is 2.36. The fraction of sp³-hybridized carbons (Fsp3) is 0.571. The van der Waals surface area contributed by atoms with Gasteiger partial charge in [0.25, 0.3) is 0 Å². The van der Waals surface area contributed by atoms with E-state index in [9.17, 15) is 4.39 Å². The molecule has 0 radical (unpaired) electrons. The quantitative estimate of drug-likeness (QED) is 0.808. The van der Waals surface area contributed by atoms with Crippen molar-refractivity contribution in [3.05, 3.63) is 29.6 Å². The number of hydrogen-bond acceptors (Lipinski definition) is 3. The van der Waals surface area contributed by atoms with Crippen LogP contribution in [0.1, 0.15) is 19.4 Å². The molecule has 18 heavy (non-hydrogen) atoms. The Morgan fingerprint density at radius 3 is 2.72 bits per heavy atom. The maximum absolute atomic E-state index is 13.7. The molecule has 0 amide bonds. The van der Waals surface area contributed by atoms with Gasteiger partial charge in [0.2, 0.25) is 0 Å². The highest BCUT2D eigenvalue weighted by Crippen LogP contribution is 2.16. The fourth-order valence-corrected chi connectivity index (χ4v) is 1.74. The first-order chi connectivity index (χ1) is 8.56. The van der Waals surface area contributed by atoms with Crippen LogP contribution in [0.15, 0.2) is 18.2 Å². The first-order valence-electron chi connectivity index (χ1n) is 6.31. The van der Waals surface area contributed by atoms with Gasteiger partial charge < -0.3 is 15.0 Å². The van der Waals surface area contributed by atoms with Gasteiger partial charge in [0.15, 0.2) is 0 Å². The van der Waals surface area contributed by atoms with Crippen molar-refractivity contribution in [2.45, 2.75) is 26.4 Å². The third kappa shape index (κ3) is 4.63. The highest BCUT2D eigenvalue weighted by Gasteiger charge is 2.07. The van der Waals surface area contributed by atoms with Crippen LogP contribution in [0.3, 0.4) is 0 Å². The molecule has 1 N–H and O–H groups in total. The first-order valence-corrected chi connectivity index (χ1v) is 6.31. The van der Waals surface area contributed by atoms with Gasteiger partial charge in [-0.25, -0.2) is 4.39 Å². The molecule has 0 aliphatic carbocycles. The molecule has 0 bridgehead atoms. The normalized spacial score (nSPS) is 12.8. The van der Waals surface area contributed by atoms with E-state index in [1.165, 1.54) is 13.2 Å². The lowest BCUT2D eigenvalue weighted by molar-refractivity contribution is 0.309. The van der Waals surface area contributed by atoms with Gasteiger partial charge in [0.05, 0.1) is 7.11 Å². The molecule has 0 saturated carbocycles. The minimum atomic E-state index is -0.224. The van der Waals surface area contributed by atoms with E-state index in [1.54, 1.807) is 12.1 Å². The first kappa shape index (κ1) is 14.9. The molecule has 0 fully saturated rings. The minimum absolute atomic E-state index is 0.224. The lowest BCUT2D eigenvalue weighted by Crippen LogP contribution is -2.37. The molecule has 1 aromatic carbocycles. The largest absolute Gasteiger partial charge is 0.497 e. The van der Waals surface area contributed by atoms with E-state index in [0.29, 0.717) is 23.9 Å². The molecule has 1 unspecified atom stereocenters. The maximum Gasteiger partial charge on any atom is 0.131 e. The van der Waals surface area contributed by atoms with Crippen LogP contribution >= 0.6 is 0 Å². The lowest BCUT2D eigenvalue weighted by atomic mass is 10.2. The predicted octanol–water partition coefficient (Wildman–Crippen LogP) is 2.26. The Labute approximate surface area is 109 Å². The van der Waals surface area contributed by atoms with Crippen LogP contribution in [0.4, 0.5) is 4.39 Å². The SMILES string of the molecule is CCN(C)CC(C)NCc1ccc(OC)cc1F. The van der Waals surface area contributed by atoms with Crippen molar-refractivity contribution in [3.8, 4) is 5.75 Å². The molecular weight excluding hydrogens is 231 g/mol. The Kier molecular flexibility index (Phi) is 6.09. The van der Waals surface area contributed by atoms with Crippen molar-refractivity contribution < 1.29 is 9.13 Å². The van der Waals surface area contributed by atoms with Crippen LogP contribution in [0.25, 0.3) is 0 Å². The van der Waals surface area contributed by atoms with Crippen molar-refractivity contribution in [1.29, 1.82) is 0 Å². The summed E-state index contributed by atoms with van der Waals surface area (Å²) in [5.74, 6) is 0.327. The van der Waals surface area contributed by atoms with E-state index in [0.717, 1.165) is 13.1 Å². The van der Waals surface area contributed by atoms with Gasteiger partial charge in [-0.15, -0.1) is 0 Å². The third-order valence-corrected chi connectivity index (χ3v) is 3.03. The molecular formula is C14H23FN2O. The van der Waals surface area contributed by atoms with Crippen LogP contribution in [0.2, 0.25) is 0 Å². The molecule has 0 aromatic heterocycles. The monoisotopic (exact) mass is 254 g/mol. The zero-order valence-electron chi connectivity index (χ0n) is 11.7. The van der Waals surface area contributed by atoms with Crippen LogP contribution in [0, 0.1) is 5.82 Å². The van der Waals surface area contributed by atoms with E-state index in [-0.39, 0.29) is 5.82 Å². The van der Waals surface area contributed by atoms with Gasteiger partial charge in [-0.05, 0) is 26.6 Å². The molecule has 0 aliphatic heterocycles. The van der Waals surface area contributed by atoms with Gasteiger partial charge >= 0.3 is 0 Å². The molecule has 4 heteroatoms. The zero-order chi connectivity index (χ0) is 13.5. The second-order valence-electron chi connectivity index (χ2n) is 4.59. The minimum Gasteiger partial charge on any atom is -0.497 e. The Bertz CT molecular complexity index is 371. The van der Waals surface area contributed by atoms with Gasteiger partial charge in [-0.1, -0.05) is 13.0 Å². The number of halogens is 1. The highest BCUT2D eigenvalue weighted by atomic mass is 19.1. The summed E-state index contributed by atoms with van der Waals surface area (Å²) in [6.07, 6.45) is 0. The average molecular weight is 254 g/mol. The summed E-state index contributed by atoms with van der Waals surface area (Å²) in [6.45, 7) is 6.73. The van der Waals surface area contributed by atoms with Crippen molar-refractivity contribution >= 4 is 0 Å². The van der Waals surface area contributed by atoms with Gasteiger partial charge in [0.1, 0.15) is 11.6 Å². The number of nitrogens with one attached hydrogen (secondary N) is 1. The van der Waals surface area contributed by atoms with Crippen molar-refractivity contribution in [1.82, 2.24) is 10.2 Å². The number of methoxy groups -OCH3 is 1. The van der Waals surface area contributed by atoms with Crippen molar-refractivity contribution in [3.63, 3.8) is 0 Å². The van der Waals surface area contributed by atoms with Crippen molar-refractivity contribution in [2.24, 2.45) is 0 Å². The fourth-order valence-electron chi connectivity index (χ4n) is 1.74. The molecule has 0 spiro atoms. The second kappa shape index (κ2) is 7.34. The molecule has 0 saturated heterocycles. The van der Waals surface area contributed by atoms with Crippen LogP contribution in [-0.4, -0.2) is 38.2 Å². The van der Waals surface area contributed by atoms with Crippen molar-refractivity contribution in [2.75, 3.05) is 27.2 Å². The molecule has 1 atom stereocenters. The summed E-state index contributed by atoms with van der Waals surface area (Å²) < 4.78 is 18.7. The number of nitrogens with zero attached hydrogens (tertiary/aromatic N) is 1. The van der Waals surface area contributed by atoms with E-state index >= 15 is 0 Å². The molecule has 0 aliphatic rings. The molecule has 102 valence electrons. The predicted molar refractivity (Wildman–Crippen MR) is 72.4 cm³/mol. The number of hydrogen-bond donors (Lipinski definition) is 1. The summed E-state index contributed by atoms with van der Waals surface area (Å²) >= 11 is 0. The van der Waals surface area contributed by atoms with Crippen LogP contribution < -0.4 is 10.1 Å². The summed E-state index contributed by atoms with van der Waals surface area (Å²) in [5.41, 5.74) is 0.668. The Hall–Kier alpha value is -1.13. The zero-order valence-corrected chi connectivity index (χ0v) is 11.7. The Morgan fingerprint density at radius 1 is 1.44 bits per heavy atom. The lowest BCUT2D eigenvalue weighted by Gasteiger charge is -2.20. The Morgan fingerprint density at radius 2 is 2.17 bits per heavy atom. The van der Waals surface area contributed by atoms with Gasteiger partial charge in [-0.2, -0.15) is 0 Å². The molecule has 1 aromatic rings. The van der Waals surface area contributed by atoms with E-state index in [1.807, 2.05) is 0 Å². The van der Waals surface area contributed by atoms with Crippen LogP contribution in [0.5, 0.6) is 5.75 Å².